The Hall–Kier alpha value is -3.28. The Balaban J connectivity index is 1.54. The van der Waals surface area contributed by atoms with Crippen molar-refractivity contribution < 1.29 is 13.2 Å². The average Bonchev–Trinajstić information content (AvgIpc) is 2.77. The van der Waals surface area contributed by atoms with Crippen LogP contribution in [-0.4, -0.2) is 54.2 Å². The SMILES string of the molecule is Cc1ccc2ccc(C(=O)N3CCN(S(=O)(=O)c4ccc(C#N)cc4C)CC3C)cc2n1. The first-order valence-corrected chi connectivity index (χ1v) is 11.8. The highest BCUT2D eigenvalue weighted by Crippen LogP contribution is 2.25. The lowest BCUT2D eigenvalue weighted by molar-refractivity contribution is 0.0591. The van der Waals surface area contributed by atoms with Crippen LogP contribution in [0.1, 0.15) is 34.1 Å². The maximum absolute atomic E-state index is 13.2. The van der Waals surface area contributed by atoms with E-state index in [-0.39, 0.29) is 29.9 Å². The number of sulfonamides is 1. The highest BCUT2D eigenvalue weighted by Gasteiger charge is 2.35. The molecule has 7 nitrogen and oxygen atoms in total. The van der Waals surface area contributed by atoms with Gasteiger partial charge in [-0.2, -0.15) is 9.57 Å². The number of carbonyl (C=O) groups is 1. The van der Waals surface area contributed by atoms with Crippen molar-refractivity contribution in [3.8, 4) is 6.07 Å². The lowest BCUT2D eigenvalue weighted by atomic mass is 10.1. The Bertz CT molecular complexity index is 1360. The van der Waals surface area contributed by atoms with E-state index >= 15 is 0 Å². The van der Waals surface area contributed by atoms with Crippen molar-refractivity contribution in [3.63, 3.8) is 0 Å². The predicted octanol–water partition coefficient (Wildman–Crippen LogP) is 3.26. The topological polar surface area (TPSA) is 94.4 Å². The minimum atomic E-state index is -3.72. The van der Waals surface area contributed by atoms with Gasteiger partial charge in [0, 0.05) is 42.3 Å². The van der Waals surface area contributed by atoms with Crippen LogP contribution >= 0.6 is 0 Å². The van der Waals surface area contributed by atoms with Crippen LogP contribution in [0, 0.1) is 25.2 Å². The zero-order valence-electron chi connectivity index (χ0n) is 18.2. The summed E-state index contributed by atoms with van der Waals surface area (Å²) in [5, 5.41) is 10.0. The molecule has 0 bridgehead atoms. The fourth-order valence-corrected chi connectivity index (χ4v) is 5.83. The monoisotopic (exact) mass is 448 g/mol. The zero-order valence-corrected chi connectivity index (χ0v) is 19.1. The van der Waals surface area contributed by atoms with E-state index in [0.29, 0.717) is 23.2 Å². The standard InChI is InChI=1S/C24H24N4O3S/c1-16-12-19(14-25)5-9-23(16)32(30,31)27-10-11-28(18(3)15-27)24(29)21-8-7-20-6-4-17(2)26-22(20)13-21/h4-9,12-13,18H,10-11,15H2,1-3H3. The van der Waals surface area contributed by atoms with E-state index in [2.05, 4.69) is 4.98 Å². The first-order valence-electron chi connectivity index (χ1n) is 10.4. The molecule has 1 aliphatic rings. The third kappa shape index (κ3) is 3.97. The van der Waals surface area contributed by atoms with Crippen LogP contribution in [-0.2, 0) is 10.0 Å². The number of hydrogen-bond donors (Lipinski definition) is 0. The number of aromatic nitrogens is 1. The number of carbonyl (C=O) groups excluding carboxylic acids is 1. The van der Waals surface area contributed by atoms with E-state index in [4.69, 9.17) is 5.26 Å². The van der Waals surface area contributed by atoms with Gasteiger partial charge >= 0.3 is 0 Å². The second-order valence-corrected chi connectivity index (χ2v) is 10.1. The highest BCUT2D eigenvalue weighted by atomic mass is 32.2. The number of piperazine rings is 1. The van der Waals surface area contributed by atoms with Crippen molar-refractivity contribution in [1.29, 1.82) is 5.26 Å². The van der Waals surface area contributed by atoms with Crippen LogP contribution in [0.5, 0.6) is 0 Å². The summed E-state index contributed by atoms with van der Waals surface area (Å²) in [5.41, 5.74) is 3.15. The van der Waals surface area contributed by atoms with Crippen LogP contribution in [0.25, 0.3) is 10.9 Å². The van der Waals surface area contributed by atoms with E-state index in [9.17, 15) is 13.2 Å². The third-order valence-corrected chi connectivity index (χ3v) is 7.88. The zero-order chi connectivity index (χ0) is 23.0. The Morgan fingerprint density at radius 3 is 2.53 bits per heavy atom. The fourth-order valence-electron chi connectivity index (χ4n) is 4.11. The highest BCUT2D eigenvalue weighted by molar-refractivity contribution is 7.89. The molecule has 1 saturated heterocycles. The number of rotatable bonds is 3. The summed E-state index contributed by atoms with van der Waals surface area (Å²) >= 11 is 0. The van der Waals surface area contributed by atoms with Crippen LogP contribution in [0.4, 0.5) is 0 Å². The number of amides is 1. The number of benzene rings is 2. The Morgan fingerprint density at radius 1 is 1.09 bits per heavy atom. The van der Waals surface area contributed by atoms with Gasteiger partial charge in [-0.15, -0.1) is 0 Å². The molecule has 0 aliphatic carbocycles. The molecule has 0 radical (unpaired) electrons. The predicted molar refractivity (Wildman–Crippen MR) is 122 cm³/mol. The van der Waals surface area contributed by atoms with Gasteiger partial charge in [0.1, 0.15) is 0 Å². The minimum absolute atomic E-state index is 0.130. The van der Waals surface area contributed by atoms with Crippen molar-refractivity contribution >= 4 is 26.8 Å². The lowest BCUT2D eigenvalue weighted by Gasteiger charge is -2.39. The molecule has 1 fully saturated rings. The molecule has 1 atom stereocenters. The van der Waals surface area contributed by atoms with E-state index in [1.54, 1.807) is 30.0 Å². The van der Waals surface area contributed by atoms with Crippen molar-refractivity contribution in [2.45, 2.75) is 31.7 Å². The van der Waals surface area contributed by atoms with Crippen LogP contribution in [0.15, 0.2) is 53.4 Å². The molecule has 4 rings (SSSR count). The summed E-state index contributed by atoms with van der Waals surface area (Å²) < 4.78 is 27.8. The molecule has 8 heteroatoms. The van der Waals surface area contributed by atoms with Crippen LogP contribution in [0.2, 0.25) is 0 Å². The van der Waals surface area contributed by atoms with Crippen molar-refractivity contribution in [2.75, 3.05) is 19.6 Å². The molecule has 0 N–H and O–H groups in total. The van der Waals surface area contributed by atoms with E-state index in [1.807, 2.05) is 38.1 Å². The van der Waals surface area contributed by atoms with Gasteiger partial charge in [-0.3, -0.25) is 9.78 Å². The van der Waals surface area contributed by atoms with Gasteiger partial charge in [-0.1, -0.05) is 12.1 Å². The first kappa shape index (κ1) is 21.9. The summed E-state index contributed by atoms with van der Waals surface area (Å²) in [7, 11) is -3.72. The van der Waals surface area contributed by atoms with Crippen molar-refractivity contribution in [2.24, 2.45) is 0 Å². The van der Waals surface area contributed by atoms with Gasteiger partial charge in [0.15, 0.2) is 0 Å². The van der Waals surface area contributed by atoms with E-state index < -0.39 is 10.0 Å². The maximum Gasteiger partial charge on any atom is 0.254 e. The lowest BCUT2D eigenvalue weighted by Crippen LogP contribution is -2.55. The summed E-state index contributed by atoms with van der Waals surface area (Å²) in [5.74, 6) is -0.130. The normalized spacial score (nSPS) is 17.3. The quantitative estimate of drug-likeness (QED) is 0.613. The summed E-state index contributed by atoms with van der Waals surface area (Å²) in [6.07, 6.45) is 0. The van der Waals surface area contributed by atoms with Gasteiger partial charge in [-0.05, 0) is 62.7 Å². The molecule has 1 aromatic heterocycles. The largest absolute Gasteiger partial charge is 0.333 e. The number of aryl methyl sites for hydroxylation is 2. The molecule has 3 aromatic rings. The summed E-state index contributed by atoms with van der Waals surface area (Å²) in [6.45, 7) is 6.17. The molecule has 2 aromatic carbocycles. The number of pyridine rings is 1. The number of nitriles is 1. The molecule has 0 spiro atoms. The van der Waals surface area contributed by atoms with Crippen LogP contribution in [0.3, 0.4) is 0 Å². The first-order chi connectivity index (χ1) is 15.2. The van der Waals surface area contributed by atoms with Gasteiger partial charge in [-0.25, -0.2) is 8.42 Å². The molecule has 1 aliphatic heterocycles. The molecule has 1 unspecified atom stereocenters. The summed E-state index contributed by atoms with van der Waals surface area (Å²) in [6, 6.07) is 15.7. The maximum atomic E-state index is 13.2. The summed E-state index contributed by atoms with van der Waals surface area (Å²) in [4.78, 5) is 19.6. The smallest absolute Gasteiger partial charge is 0.254 e. The Kier molecular flexibility index (Phi) is 5.71. The molecule has 164 valence electrons. The number of fused-ring (bicyclic) bond motifs is 1. The average molecular weight is 449 g/mol. The molecule has 32 heavy (non-hydrogen) atoms. The molecule has 2 heterocycles. The van der Waals surface area contributed by atoms with Gasteiger partial charge < -0.3 is 4.90 Å². The Morgan fingerprint density at radius 2 is 1.84 bits per heavy atom. The number of nitrogens with zero attached hydrogens (tertiary/aromatic N) is 4. The second kappa shape index (κ2) is 8.34. The van der Waals surface area contributed by atoms with Gasteiger partial charge in [0.25, 0.3) is 5.91 Å². The van der Waals surface area contributed by atoms with Crippen LogP contribution < -0.4 is 0 Å². The van der Waals surface area contributed by atoms with E-state index in [0.717, 1.165) is 16.6 Å². The minimum Gasteiger partial charge on any atom is -0.333 e. The fraction of sp³-hybridized carbons (Fsp3) is 0.292. The second-order valence-electron chi connectivity index (χ2n) is 8.16. The number of hydrogen-bond acceptors (Lipinski definition) is 5. The van der Waals surface area contributed by atoms with Crippen molar-refractivity contribution in [3.05, 3.63) is 70.9 Å². The molecule has 1 amide bonds. The van der Waals surface area contributed by atoms with E-state index in [1.165, 1.54) is 16.4 Å². The van der Waals surface area contributed by atoms with Gasteiger partial charge in [0.2, 0.25) is 10.0 Å². The molecule has 0 saturated carbocycles. The Labute approximate surface area is 188 Å². The van der Waals surface area contributed by atoms with Gasteiger partial charge in [0.05, 0.1) is 22.0 Å². The third-order valence-electron chi connectivity index (χ3n) is 5.85. The molecular formula is C24H24N4O3S. The molecular weight excluding hydrogens is 424 g/mol. The van der Waals surface area contributed by atoms with Crippen molar-refractivity contribution in [1.82, 2.24) is 14.2 Å².